The minimum atomic E-state index is -0.355. The first-order valence-corrected chi connectivity index (χ1v) is 7.19. The zero-order valence-corrected chi connectivity index (χ0v) is 12.6. The van der Waals surface area contributed by atoms with Crippen molar-refractivity contribution in [3.05, 3.63) is 59.7 Å². The fourth-order valence-electron chi connectivity index (χ4n) is 2.68. The number of aliphatic imine (C=N–C) groups is 1. The molecule has 0 radical (unpaired) electrons. The van der Waals surface area contributed by atoms with E-state index >= 15 is 0 Å². The highest BCUT2D eigenvalue weighted by Crippen LogP contribution is 2.37. The van der Waals surface area contributed by atoms with Crippen LogP contribution in [0.15, 0.2) is 53.5 Å². The van der Waals surface area contributed by atoms with Gasteiger partial charge < -0.3 is 0 Å². The molecule has 3 rings (SSSR count). The third kappa shape index (κ3) is 2.25. The lowest BCUT2D eigenvalue weighted by Crippen LogP contribution is -2.24. The molecule has 0 saturated carbocycles. The summed E-state index contributed by atoms with van der Waals surface area (Å²) in [7, 11) is 0. The van der Waals surface area contributed by atoms with Gasteiger partial charge in [-0.1, -0.05) is 69.3 Å². The maximum Gasteiger partial charge on any atom is 0.142 e. The van der Waals surface area contributed by atoms with Gasteiger partial charge in [0.05, 0.1) is 11.8 Å². The van der Waals surface area contributed by atoms with Crippen LogP contribution in [0.5, 0.6) is 0 Å². The quantitative estimate of drug-likeness (QED) is 0.646. The molecule has 2 aromatic rings. The lowest BCUT2D eigenvalue weighted by Gasteiger charge is -2.22. The summed E-state index contributed by atoms with van der Waals surface area (Å²) in [6.07, 6.45) is 0. The SMILES string of the molecule is CC(C)(C)[C@H](C#N)N=C1c2ccccc2-c2ccccc21. The van der Waals surface area contributed by atoms with Crippen molar-refractivity contribution in [3.8, 4) is 17.2 Å². The van der Waals surface area contributed by atoms with Crippen LogP contribution in [0, 0.1) is 16.7 Å². The number of hydrogen-bond acceptors (Lipinski definition) is 2. The molecule has 0 spiro atoms. The van der Waals surface area contributed by atoms with Crippen LogP contribution in [0.25, 0.3) is 11.1 Å². The van der Waals surface area contributed by atoms with Gasteiger partial charge in [0.25, 0.3) is 0 Å². The van der Waals surface area contributed by atoms with Gasteiger partial charge in [-0.25, -0.2) is 0 Å². The van der Waals surface area contributed by atoms with Crippen LogP contribution in [-0.2, 0) is 0 Å². The second kappa shape index (κ2) is 4.86. The van der Waals surface area contributed by atoms with Gasteiger partial charge in [0.1, 0.15) is 6.04 Å². The smallest absolute Gasteiger partial charge is 0.142 e. The zero-order chi connectivity index (χ0) is 15.0. The minimum absolute atomic E-state index is 0.172. The molecule has 0 bridgehead atoms. The molecule has 1 atom stereocenters. The molecule has 2 nitrogen and oxygen atoms in total. The van der Waals surface area contributed by atoms with E-state index < -0.39 is 0 Å². The van der Waals surface area contributed by atoms with E-state index in [1.807, 2.05) is 24.3 Å². The summed E-state index contributed by atoms with van der Waals surface area (Å²) in [5.74, 6) is 0. The Balaban J connectivity index is 2.22. The molecule has 0 heterocycles. The largest absolute Gasteiger partial charge is 0.265 e. The lowest BCUT2D eigenvalue weighted by atomic mass is 9.88. The first-order valence-electron chi connectivity index (χ1n) is 7.19. The summed E-state index contributed by atoms with van der Waals surface area (Å²) in [5, 5.41) is 9.46. The number of rotatable bonds is 1. The number of fused-ring (bicyclic) bond motifs is 3. The van der Waals surface area contributed by atoms with Crippen molar-refractivity contribution in [1.82, 2.24) is 0 Å². The van der Waals surface area contributed by atoms with E-state index in [0.29, 0.717) is 0 Å². The van der Waals surface area contributed by atoms with Crippen molar-refractivity contribution < 1.29 is 0 Å². The van der Waals surface area contributed by atoms with Gasteiger partial charge in [-0.2, -0.15) is 5.26 Å². The number of nitrogens with zero attached hydrogens (tertiary/aromatic N) is 2. The third-order valence-electron chi connectivity index (χ3n) is 3.86. The van der Waals surface area contributed by atoms with Crippen LogP contribution in [0.3, 0.4) is 0 Å². The fraction of sp³-hybridized carbons (Fsp3) is 0.263. The number of hydrogen-bond donors (Lipinski definition) is 0. The van der Waals surface area contributed by atoms with Crippen LogP contribution in [0.1, 0.15) is 31.9 Å². The lowest BCUT2D eigenvalue weighted by molar-refractivity contribution is 0.374. The van der Waals surface area contributed by atoms with Gasteiger partial charge >= 0.3 is 0 Å². The maximum absolute atomic E-state index is 9.46. The Morgan fingerprint density at radius 1 is 0.857 bits per heavy atom. The van der Waals surface area contributed by atoms with E-state index in [2.05, 4.69) is 51.1 Å². The molecule has 2 heteroatoms. The summed E-state index contributed by atoms with van der Waals surface area (Å²) >= 11 is 0. The monoisotopic (exact) mass is 274 g/mol. The maximum atomic E-state index is 9.46. The van der Waals surface area contributed by atoms with Crippen molar-refractivity contribution >= 4 is 5.71 Å². The first-order chi connectivity index (χ1) is 10.0. The van der Waals surface area contributed by atoms with Crippen LogP contribution < -0.4 is 0 Å². The Labute approximate surface area is 125 Å². The molecular formula is C19H18N2. The second-order valence-corrected chi connectivity index (χ2v) is 6.47. The average Bonchev–Trinajstić information content (AvgIpc) is 2.78. The Morgan fingerprint density at radius 3 is 1.67 bits per heavy atom. The molecule has 21 heavy (non-hydrogen) atoms. The molecule has 0 aliphatic heterocycles. The summed E-state index contributed by atoms with van der Waals surface area (Å²) < 4.78 is 0. The Bertz CT molecular complexity index is 710. The molecular weight excluding hydrogens is 256 g/mol. The van der Waals surface area contributed by atoms with Gasteiger partial charge in [-0.15, -0.1) is 0 Å². The van der Waals surface area contributed by atoms with Crippen molar-refractivity contribution in [2.45, 2.75) is 26.8 Å². The van der Waals surface area contributed by atoms with E-state index in [-0.39, 0.29) is 11.5 Å². The molecule has 1 aliphatic rings. The third-order valence-corrected chi connectivity index (χ3v) is 3.86. The van der Waals surface area contributed by atoms with Gasteiger partial charge in [-0.3, -0.25) is 4.99 Å². The first kappa shape index (κ1) is 13.6. The number of benzene rings is 2. The predicted octanol–water partition coefficient (Wildman–Crippen LogP) is 4.44. The highest BCUT2D eigenvalue weighted by atomic mass is 14.8. The van der Waals surface area contributed by atoms with Crippen molar-refractivity contribution in [2.24, 2.45) is 10.4 Å². The summed E-state index contributed by atoms with van der Waals surface area (Å²) in [6, 6.07) is 18.6. The summed E-state index contributed by atoms with van der Waals surface area (Å²) in [4.78, 5) is 4.80. The van der Waals surface area contributed by atoms with E-state index in [4.69, 9.17) is 4.99 Å². The topological polar surface area (TPSA) is 36.1 Å². The van der Waals surface area contributed by atoms with Crippen LogP contribution in [-0.4, -0.2) is 11.8 Å². The predicted molar refractivity (Wildman–Crippen MR) is 86.4 cm³/mol. The van der Waals surface area contributed by atoms with E-state index in [1.165, 1.54) is 11.1 Å². The standard InChI is InChI=1S/C19H18N2/c1-19(2,3)17(12-20)21-18-15-10-6-4-8-13(15)14-9-5-7-11-16(14)18/h4-11,17H,1-3H3/t17-/m0/s1. The second-order valence-electron chi connectivity index (χ2n) is 6.47. The van der Waals surface area contributed by atoms with Crippen molar-refractivity contribution in [1.29, 1.82) is 5.26 Å². The molecule has 1 aliphatic carbocycles. The minimum Gasteiger partial charge on any atom is -0.265 e. The van der Waals surface area contributed by atoms with E-state index in [0.717, 1.165) is 16.8 Å². The van der Waals surface area contributed by atoms with Gasteiger partial charge in [-0.05, 0) is 16.5 Å². The van der Waals surface area contributed by atoms with Gasteiger partial charge in [0.15, 0.2) is 0 Å². The normalized spacial score (nSPS) is 14.1. The molecule has 0 N–H and O–H groups in total. The van der Waals surface area contributed by atoms with Gasteiger partial charge in [0.2, 0.25) is 0 Å². The fourth-order valence-corrected chi connectivity index (χ4v) is 2.68. The number of nitriles is 1. The Kier molecular flexibility index (Phi) is 3.14. The van der Waals surface area contributed by atoms with Crippen LogP contribution in [0.4, 0.5) is 0 Å². The van der Waals surface area contributed by atoms with Gasteiger partial charge in [0, 0.05) is 11.1 Å². The molecule has 0 amide bonds. The summed E-state index contributed by atoms with van der Waals surface area (Å²) in [6.45, 7) is 6.16. The zero-order valence-electron chi connectivity index (χ0n) is 12.6. The van der Waals surface area contributed by atoms with E-state index in [1.54, 1.807) is 0 Å². The van der Waals surface area contributed by atoms with Crippen molar-refractivity contribution in [2.75, 3.05) is 0 Å². The average molecular weight is 274 g/mol. The van der Waals surface area contributed by atoms with Crippen LogP contribution in [0.2, 0.25) is 0 Å². The Morgan fingerprint density at radius 2 is 1.29 bits per heavy atom. The van der Waals surface area contributed by atoms with Crippen LogP contribution >= 0.6 is 0 Å². The molecule has 0 fully saturated rings. The van der Waals surface area contributed by atoms with E-state index in [9.17, 15) is 5.26 Å². The van der Waals surface area contributed by atoms with Crippen molar-refractivity contribution in [3.63, 3.8) is 0 Å². The molecule has 104 valence electrons. The molecule has 0 saturated heterocycles. The summed E-state index contributed by atoms with van der Waals surface area (Å²) in [5.41, 5.74) is 5.44. The molecule has 2 aromatic carbocycles. The Hall–Kier alpha value is -2.40. The highest BCUT2D eigenvalue weighted by molar-refractivity contribution is 6.24. The molecule has 0 unspecified atom stereocenters. The highest BCUT2D eigenvalue weighted by Gasteiger charge is 2.29. The molecule has 0 aromatic heterocycles.